The van der Waals surface area contributed by atoms with Crippen LogP contribution in [0.3, 0.4) is 0 Å². The molecule has 2 heterocycles. The van der Waals surface area contributed by atoms with Crippen molar-refractivity contribution >= 4 is 10.9 Å². The summed E-state index contributed by atoms with van der Waals surface area (Å²) in [6.07, 6.45) is 3.09. The van der Waals surface area contributed by atoms with Crippen LogP contribution in [0, 0.1) is 0 Å². The summed E-state index contributed by atoms with van der Waals surface area (Å²) in [6, 6.07) is 5.22. The second kappa shape index (κ2) is 5.46. The van der Waals surface area contributed by atoms with Gasteiger partial charge < -0.3 is 15.2 Å². The molecular weight excluding hydrogens is 270 g/mol. The summed E-state index contributed by atoms with van der Waals surface area (Å²) in [6.45, 7) is 1.65. The quantitative estimate of drug-likeness (QED) is 0.861. The number of fused-ring (bicyclic) bond motifs is 1. The number of aromatic nitrogens is 2. The Bertz CT molecular complexity index is 705. The first kappa shape index (κ1) is 14.0. The molecule has 0 bridgehead atoms. The predicted octanol–water partition coefficient (Wildman–Crippen LogP) is 0.520. The van der Waals surface area contributed by atoms with Crippen molar-refractivity contribution in [2.75, 3.05) is 20.2 Å². The number of aliphatic hydroxyl groups is 1. The average molecular weight is 289 g/mol. The molecular formula is C15H19N3O3. The first-order valence-corrected chi connectivity index (χ1v) is 7.08. The van der Waals surface area contributed by atoms with Gasteiger partial charge in [0.2, 0.25) is 0 Å². The van der Waals surface area contributed by atoms with Crippen molar-refractivity contribution in [2.45, 2.75) is 25.0 Å². The number of hydrogen-bond donors (Lipinski definition) is 2. The Morgan fingerprint density at radius 1 is 1.52 bits per heavy atom. The zero-order valence-electron chi connectivity index (χ0n) is 12.0. The van der Waals surface area contributed by atoms with Crippen LogP contribution in [0.25, 0.3) is 10.9 Å². The van der Waals surface area contributed by atoms with Gasteiger partial charge in [-0.1, -0.05) is 0 Å². The van der Waals surface area contributed by atoms with Gasteiger partial charge in [0.05, 0.1) is 36.5 Å². The van der Waals surface area contributed by atoms with Crippen molar-refractivity contribution in [1.82, 2.24) is 14.9 Å². The average Bonchev–Trinajstić information content (AvgIpc) is 2.50. The molecule has 0 aliphatic carbocycles. The molecule has 2 aromatic rings. The first-order valence-electron chi connectivity index (χ1n) is 7.08. The molecule has 1 aliphatic heterocycles. The van der Waals surface area contributed by atoms with E-state index in [-0.39, 0.29) is 12.1 Å². The van der Waals surface area contributed by atoms with Crippen LogP contribution in [0.5, 0.6) is 5.75 Å². The number of methoxy groups -OCH3 is 1. The van der Waals surface area contributed by atoms with Crippen LogP contribution in [-0.2, 0) is 6.54 Å². The van der Waals surface area contributed by atoms with E-state index < -0.39 is 5.60 Å². The number of piperidine rings is 1. The molecule has 1 aromatic heterocycles. The molecule has 1 saturated heterocycles. The molecule has 6 nitrogen and oxygen atoms in total. The molecule has 112 valence electrons. The lowest BCUT2D eigenvalue weighted by atomic mass is 9.94. The van der Waals surface area contributed by atoms with Gasteiger partial charge in [0.15, 0.2) is 0 Å². The Morgan fingerprint density at radius 3 is 3.10 bits per heavy atom. The third-order valence-electron chi connectivity index (χ3n) is 3.95. The van der Waals surface area contributed by atoms with Gasteiger partial charge >= 0.3 is 0 Å². The van der Waals surface area contributed by atoms with Crippen molar-refractivity contribution < 1.29 is 9.84 Å². The molecule has 0 radical (unpaired) electrons. The van der Waals surface area contributed by atoms with Crippen molar-refractivity contribution in [1.29, 1.82) is 0 Å². The Kier molecular flexibility index (Phi) is 3.65. The zero-order chi connectivity index (χ0) is 14.9. The lowest BCUT2D eigenvalue weighted by Gasteiger charge is -2.32. The normalized spacial score (nSPS) is 22.4. The summed E-state index contributed by atoms with van der Waals surface area (Å²) < 4.78 is 6.63. The van der Waals surface area contributed by atoms with Gasteiger partial charge in [-0.15, -0.1) is 0 Å². The largest absolute Gasteiger partial charge is 0.497 e. The minimum atomic E-state index is -0.893. The first-order chi connectivity index (χ1) is 10.1. The van der Waals surface area contributed by atoms with E-state index in [1.807, 2.05) is 0 Å². The maximum Gasteiger partial charge on any atom is 0.261 e. The molecule has 0 spiro atoms. The van der Waals surface area contributed by atoms with Crippen molar-refractivity contribution in [3.8, 4) is 5.75 Å². The summed E-state index contributed by atoms with van der Waals surface area (Å²) >= 11 is 0. The van der Waals surface area contributed by atoms with E-state index in [1.165, 1.54) is 10.9 Å². The van der Waals surface area contributed by atoms with Gasteiger partial charge in [-0.2, -0.15) is 0 Å². The third-order valence-corrected chi connectivity index (χ3v) is 3.95. The molecule has 3 rings (SSSR count). The van der Waals surface area contributed by atoms with Crippen molar-refractivity contribution in [3.05, 3.63) is 34.9 Å². The lowest BCUT2D eigenvalue weighted by molar-refractivity contribution is -0.000246. The maximum atomic E-state index is 12.5. The minimum Gasteiger partial charge on any atom is -0.497 e. The highest BCUT2D eigenvalue weighted by Gasteiger charge is 2.30. The van der Waals surface area contributed by atoms with Gasteiger partial charge in [-0.3, -0.25) is 9.36 Å². The summed E-state index contributed by atoms with van der Waals surface area (Å²) in [5, 5.41) is 14.2. The fraction of sp³-hybridized carbons (Fsp3) is 0.467. The van der Waals surface area contributed by atoms with Gasteiger partial charge in [0.25, 0.3) is 5.56 Å². The van der Waals surface area contributed by atoms with Crippen LogP contribution in [0.15, 0.2) is 29.3 Å². The van der Waals surface area contributed by atoms with Crippen LogP contribution >= 0.6 is 0 Å². The molecule has 0 unspecified atom stereocenters. The van der Waals surface area contributed by atoms with Crippen LogP contribution < -0.4 is 15.6 Å². The highest BCUT2D eigenvalue weighted by atomic mass is 16.5. The Labute approximate surface area is 122 Å². The number of hydrogen-bond acceptors (Lipinski definition) is 5. The van der Waals surface area contributed by atoms with E-state index in [9.17, 15) is 9.90 Å². The van der Waals surface area contributed by atoms with Gasteiger partial charge in [-0.05, 0) is 37.6 Å². The second-order valence-corrected chi connectivity index (χ2v) is 5.57. The van der Waals surface area contributed by atoms with E-state index in [0.717, 1.165) is 13.0 Å². The fourth-order valence-electron chi connectivity index (χ4n) is 2.78. The zero-order valence-corrected chi connectivity index (χ0v) is 12.0. The number of rotatable bonds is 3. The molecule has 1 aromatic carbocycles. The molecule has 1 aliphatic rings. The van der Waals surface area contributed by atoms with Crippen LogP contribution in [0.2, 0.25) is 0 Å². The van der Waals surface area contributed by atoms with Crippen LogP contribution in [-0.4, -0.2) is 40.5 Å². The van der Waals surface area contributed by atoms with E-state index in [4.69, 9.17) is 4.74 Å². The standard InChI is InChI=1S/C15H19N3O3/c1-21-11-3-4-13-12(7-11)14(19)18(10-17-13)9-15(20)5-2-6-16-8-15/h3-4,7,10,16,20H,2,5-6,8-9H2,1H3/t15-/m1/s1. The van der Waals surface area contributed by atoms with Gasteiger partial charge in [0.1, 0.15) is 5.75 Å². The van der Waals surface area contributed by atoms with Crippen molar-refractivity contribution in [2.24, 2.45) is 0 Å². The van der Waals surface area contributed by atoms with Gasteiger partial charge in [-0.25, -0.2) is 4.98 Å². The predicted molar refractivity (Wildman–Crippen MR) is 79.6 cm³/mol. The van der Waals surface area contributed by atoms with E-state index in [0.29, 0.717) is 29.6 Å². The molecule has 6 heteroatoms. The summed E-state index contributed by atoms with van der Waals surface area (Å²) in [5.74, 6) is 0.622. The molecule has 21 heavy (non-hydrogen) atoms. The van der Waals surface area contributed by atoms with Gasteiger partial charge in [0, 0.05) is 6.54 Å². The van der Waals surface area contributed by atoms with E-state index in [1.54, 1.807) is 25.3 Å². The van der Waals surface area contributed by atoms with Crippen LogP contribution in [0.1, 0.15) is 12.8 Å². The molecule has 1 fully saturated rings. The van der Waals surface area contributed by atoms with E-state index in [2.05, 4.69) is 10.3 Å². The summed E-state index contributed by atoms with van der Waals surface area (Å²) in [7, 11) is 1.56. The number of β-amino-alcohol motifs (C(OH)–C–C–N with tert-alkyl or cyclic N) is 1. The summed E-state index contributed by atoms with van der Waals surface area (Å²) in [5.41, 5.74) is -0.417. The smallest absolute Gasteiger partial charge is 0.261 e. The molecule has 0 amide bonds. The maximum absolute atomic E-state index is 12.5. The highest BCUT2D eigenvalue weighted by Crippen LogP contribution is 2.19. The number of benzene rings is 1. The Hall–Kier alpha value is -1.92. The Morgan fingerprint density at radius 2 is 2.38 bits per heavy atom. The Balaban J connectivity index is 1.99. The SMILES string of the molecule is COc1ccc2ncn(C[C@@]3(O)CCCNC3)c(=O)c2c1. The second-order valence-electron chi connectivity index (χ2n) is 5.57. The fourth-order valence-corrected chi connectivity index (χ4v) is 2.78. The highest BCUT2D eigenvalue weighted by molar-refractivity contribution is 5.78. The topological polar surface area (TPSA) is 76.4 Å². The minimum absolute atomic E-state index is 0.155. The molecule has 1 atom stereocenters. The number of ether oxygens (including phenoxy) is 1. The summed E-state index contributed by atoms with van der Waals surface area (Å²) in [4.78, 5) is 16.8. The van der Waals surface area contributed by atoms with Crippen LogP contribution in [0.4, 0.5) is 0 Å². The molecule has 0 saturated carbocycles. The third kappa shape index (κ3) is 2.77. The molecule has 2 N–H and O–H groups in total. The monoisotopic (exact) mass is 289 g/mol. The number of nitrogens with one attached hydrogen (secondary N) is 1. The van der Waals surface area contributed by atoms with E-state index >= 15 is 0 Å². The van der Waals surface area contributed by atoms with Crippen molar-refractivity contribution in [3.63, 3.8) is 0 Å². The lowest BCUT2D eigenvalue weighted by Crippen LogP contribution is -2.49. The number of nitrogens with zero attached hydrogens (tertiary/aromatic N) is 2.